The second kappa shape index (κ2) is 3.81. The van der Waals surface area contributed by atoms with Crippen LogP contribution in [0, 0.1) is 6.92 Å². The van der Waals surface area contributed by atoms with Crippen LogP contribution in [0.1, 0.15) is 30.9 Å². The van der Waals surface area contributed by atoms with E-state index in [0.29, 0.717) is 11.7 Å². The van der Waals surface area contributed by atoms with Crippen molar-refractivity contribution in [3.05, 3.63) is 29.3 Å². The molecule has 0 saturated carbocycles. The third-order valence-corrected chi connectivity index (χ3v) is 2.51. The third kappa shape index (κ3) is 1.88. The van der Waals surface area contributed by atoms with Gasteiger partial charge in [-0.2, -0.15) is 0 Å². The average molecular weight is 202 g/mol. The number of tetrazole rings is 1. The molecule has 0 amide bonds. The quantitative estimate of drug-likeness (QED) is 0.812. The van der Waals surface area contributed by atoms with E-state index in [4.69, 9.17) is 0 Å². The number of benzene rings is 1. The Morgan fingerprint density at radius 1 is 1.27 bits per heavy atom. The fourth-order valence-corrected chi connectivity index (χ4v) is 1.75. The molecule has 0 fully saturated rings. The normalized spacial score (nSPS) is 10.9. The third-order valence-electron chi connectivity index (χ3n) is 2.51. The largest absolute Gasteiger partial charge is 0.239 e. The molecule has 0 bridgehead atoms. The van der Waals surface area contributed by atoms with Crippen LogP contribution in [0.2, 0.25) is 0 Å². The standard InChI is InChI=1S/C11H14N4/c1-7(2)10-5-4-9(6-8(10)3)11-12-14-15-13-11/h4-7H,1-3H3,(H,12,13,14,15). The summed E-state index contributed by atoms with van der Waals surface area (Å²) in [5.74, 6) is 1.26. The molecule has 4 nitrogen and oxygen atoms in total. The van der Waals surface area contributed by atoms with E-state index in [-0.39, 0.29) is 0 Å². The number of nitrogens with zero attached hydrogens (tertiary/aromatic N) is 3. The van der Waals surface area contributed by atoms with Crippen molar-refractivity contribution in [2.24, 2.45) is 0 Å². The maximum Gasteiger partial charge on any atom is 0.179 e. The second-order valence-electron chi connectivity index (χ2n) is 3.98. The van der Waals surface area contributed by atoms with E-state index in [1.54, 1.807) is 0 Å². The van der Waals surface area contributed by atoms with Crippen LogP contribution in [-0.4, -0.2) is 20.6 Å². The van der Waals surface area contributed by atoms with Gasteiger partial charge in [0.1, 0.15) is 0 Å². The molecule has 0 radical (unpaired) electrons. The number of aromatic nitrogens is 4. The minimum absolute atomic E-state index is 0.548. The van der Waals surface area contributed by atoms with Crippen LogP contribution in [0.15, 0.2) is 18.2 Å². The monoisotopic (exact) mass is 202 g/mol. The Hall–Kier alpha value is -1.71. The van der Waals surface area contributed by atoms with E-state index < -0.39 is 0 Å². The molecule has 0 aliphatic carbocycles. The van der Waals surface area contributed by atoms with Crippen LogP contribution in [0.3, 0.4) is 0 Å². The Kier molecular flexibility index (Phi) is 2.49. The Bertz CT molecular complexity index is 446. The zero-order valence-corrected chi connectivity index (χ0v) is 9.15. The maximum absolute atomic E-state index is 3.89. The van der Waals surface area contributed by atoms with E-state index in [2.05, 4.69) is 53.5 Å². The van der Waals surface area contributed by atoms with Gasteiger partial charge in [-0.15, -0.1) is 5.10 Å². The van der Waals surface area contributed by atoms with E-state index >= 15 is 0 Å². The molecule has 0 saturated heterocycles. The van der Waals surface area contributed by atoms with Crippen LogP contribution in [0.25, 0.3) is 11.4 Å². The van der Waals surface area contributed by atoms with E-state index in [9.17, 15) is 0 Å². The lowest BCUT2D eigenvalue weighted by Gasteiger charge is -2.10. The lowest BCUT2D eigenvalue weighted by molar-refractivity contribution is 0.856. The molecule has 0 unspecified atom stereocenters. The molecule has 0 spiro atoms. The highest BCUT2D eigenvalue weighted by molar-refractivity contribution is 5.56. The molecule has 1 N–H and O–H groups in total. The molecule has 15 heavy (non-hydrogen) atoms. The van der Waals surface area contributed by atoms with Gasteiger partial charge in [0, 0.05) is 5.56 Å². The van der Waals surface area contributed by atoms with Gasteiger partial charge in [0.25, 0.3) is 0 Å². The zero-order chi connectivity index (χ0) is 10.8. The highest BCUT2D eigenvalue weighted by Gasteiger charge is 2.06. The summed E-state index contributed by atoms with van der Waals surface area (Å²) in [6.07, 6.45) is 0. The van der Waals surface area contributed by atoms with Gasteiger partial charge in [0.2, 0.25) is 0 Å². The maximum atomic E-state index is 3.89. The van der Waals surface area contributed by atoms with Gasteiger partial charge >= 0.3 is 0 Å². The Labute approximate surface area is 88.7 Å². The lowest BCUT2D eigenvalue weighted by Crippen LogP contribution is -1.92. The SMILES string of the molecule is Cc1cc(-c2nnn[nH]2)ccc1C(C)C. The number of hydrogen-bond donors (Lipinski definition) is 1. The molecule has 0 aliphatic rings. The van der Waals surface area contributed by atoms with Gasteiger partial charge in [0.05, 0.1) is 0 Å². The topological polar surface area (TPSA) is 54.5 Å². The minimum atomic E-state index is 0.548. The summed E-state index contributed by atoms with van der Waals surface area (Å²) in [6, 6.07) is 6.29. The van der Waals surface area contributed by atoms with Crippen molar-refractivity contribution < 1.29 is 0 Å². The number of aromatic amines is 1. The van der Waals surface area contributed by atoms with Crippen LogP contribution >= 0.6 is 0 Å². The van der Waals surface area contributed by atoms with Crippen molar-refractivity contribution in [1.29, 1.82) is 0 Å². The van der Waals surface area contributed by atoms with Crippen molar-refractivity contribution in [1.82, 2.24) is 20.6 Å². The Morgan fingerprint density at radius 2 is 2.07 bits per heavy atom. The number of rotatable bonds is 2. The summed E-state index contributed by atoms with van der Waals surface area (Å²) in [5, 5.41) is 13.8. The van der Waals surface area contributed by atoms with Crippen LogP contribution < -0.4 is 0 Å². The smallest absolute Gasteiger partial charge is 0.179 e. The van der Waals surface area contributed by atoms with Gasteiger partial charge in [-0.05, 0) is 40.5 Å². The molecular formula is C11H14N4. The minimum Gasteiger partial charge on any atom is -0.239 e. The van der Waals surface area contributed by atoms with E-state index in [1.807, 2.05) is 6.07 Å². The second-order valence-corrected chi connectivity index (χ2v) is 3.98. The van der Waals surface area contributed by atoms with Gasteiger partial charge in [-0.1, -0.05) is 26.0 Å². The van der Waals surface area contributed by atoms with Crippen LogP contribution in [-0.2, 0) is 0 Å². The van der Waals surface area contributed by atoms with Crippen LogP contribution in [0.5, 0.6) is 0 Å². The molecule has 2 rings (SSSR count). The van der Waals surface area contributed by atoms with Crippen molar-refractivity contribution >= 4 is 0 Å². The summed E-state index contributed by atoms with van der Waals surface area (Å²) in [6.45, 7) is 6.50. The molecular weight excluding hydrogens is 188 g/mol. The van der Waals surface area contributed by atoms with Crippen molar-refractivity contribution in [3.63, 3.8) is 0 Å². The van der Waals surface area contributed by atoms with Gasteiger partial charge in [-0.3, -0.25) is 0 Å². The predicted molar refractivity (Wildman–Crippen MR) is 58.4 cm³/mol. The summed E-state index contributed by atoms with van der Waals surface area (Å²) in [4.78, 5) is 0. The van der Waals surface area contributed by atoms with E-state index in [0.717, 1.165) is 5.56 Å². The highest BCUT2D eigenvalue weighted by Crippen LogP contribution is 2.23. The molecule has 2 aromatic rings. The van der Waals surface area contributed by atoms with Crippen molar-refractivity contribution in [2.45, 2.75) is 26.7 Å². The predicted octanol–water partition coefficient (Wildman–Crippen LogP) is 2.30. The first kappa shape index (κ1) is 9.83. The van der Waals surface area contributed by atoms with Gasteiger partial charge in [0.15, 0.2) is 5.82 Å². The summed E-state index contributed by atoms with van der Waals surface area (Å²) in [7, 11) is 0. The number of hydrogen-bond acceptors (Lipinski definition) is 3. The molecule has 78 valence electrons. The Balaban J connectivity index is 2.42. The molecule has 1 heterocycles. The number of H-pyrrole nitrogens is 1. The average Bonchev–Trinajstić information content (AvgIpc) is 2.69. The summed E-state index contributed by atoms with van der Waals surface area (Å²) in [5.41, 5.74) is 3.67. The first-order valence-corrected chi connectivity index (χ1v) is 5.03. The van der Waals surface area contributed by atoms with Crippen LogP contribution in [0.4, 0.5) is 0 Å². The summed E-state index contributed by atoms with van der Waals surface area (Å²) >= 11 is 0. The highest BCUT2D eigenvalue weighted by atomic mass is 15.5. The number of aryl methyl sites for hydroxylation is 1. The first-order valence-electron chi connectivity index (χ1n) is 5.03. The lowest BCUT2D eigenvalue weighted by atomic mass is 9.96. The van der Waals surface area contributed by atoms with Crippen molar-refractivity contribution in [2.75, 3.05) is 0 Å². The molecule has 1 aromatic carbocycles. The fraction of sp³-hybridized carbons (Fsp3) is 0.364. The van der Waals surface area contributed by atoms with Crippen molar-refractivity contribution in [3.8, 4) is 11.4 Å². The first-order chi connectivity index (χ1) is 7.18. The fourth-order valence-electron chi connectivity index (χ4n) is 1.75. The molecule has 1 aromatic heterocycles. The van der Waals surface area contributed by atoms with Gasteiger partial charge in [-0.25, -0.2) is 5.10 Å². The zero-order valence-electron chi connectivity index (χ0n) is 9.15. The molecule has 4 heteroatoms. The molecule has 0 atom stereocenters. The van der Waals surface area contributed by atoms with E-state index in [1.165, 1.54) is 11.1 Å². The van der Waals surface area contributed by atoms with Gasteiger partial charge < -0.3 is 0 Å². The number of nitrogens with one attached hydrogen (secondary N) is 1. The molecule has 0 aliphatic heterocycles. The Morgan fingerprint density at radius 3 is 2.60 bits per heavy atom. The summed E-state index contributed by atoms with van der Waals surface area (Å²) < 4.78 is 0.